The maximum Gasteiger partial charge on any atom is 0.249 e. The number of nitrogens with zero attached hydrogens (tertiary/aromatic N) is 2. The Bertz CT molecular complexity index is 445. The van der Waals surface area contributed by atoms with Crippen LogP contribution < -0.4 is 5.32 Å². The Hall–Kier alpha value is -1.89. The monoisotopic (exact) mass is 283 g/mol. The average molecular weight is 283 g/mol. The first-order chi connectivity index (χ1) is 9.56. The second kappa shape index (κ2) is 8.31. The second-order valence-corrected chi connectivity index (χ2v) is 4.47. The molecule has 0 fully saturated rings. The minimum absolute atomic E-state index is 0.0197. The second-order valence-electron chi connectivity index (χ2n) is 4.47. The summed E-state index contributed by atoms with van der Waals surface area (Å²) in [5.74, 6) is 0.451. The Morgan fingerprint density at radius 3 is 2.80 bits per heavy atom. The van der Waals surface area contributed by atoms with Crippen LogP contribution in [-0.4, -0.2) is 48.7 Å². The smallest absolute Gasteiger partial charge is 0.249 e. The molecule has 1 aromatic rings. The van der Waals surface area contributed by atoms with E-state index in [0.29, 0.717) is 18.1 Å². The van der Waals surface area contributed by atoms with Crippen molar-refractivity contribution in [3.05, 3.63) is 11.8 Å². The number of hydrogen-bond donors (Lipinski definition) is 1. The van der Waals surface area contributed by atoms with Crippen LogP contribution in [-0.2, 0) is 14.3 Å². The molecule has 0 saturated heterocycles. The van der Waals surface area contributed by atoms with Crippen LogP contribution in [0.15, 0.2) is 10.6 Å². The van der Waals surface area contributed by atoms with E-state index in [1.54, 1.807) is 13.0 Å². The van der Waals surface area contributed by atoms with Gasteiger partial charge in [0.25, 0.3) is 0 Å². The molecule has 7 heteroatoms. The molecule has 1 N–H and O–H groups in total. The Balaban J connectivity index is 2.54. The maximum atomic E-state index is 11.9. The maximum absolute atomic E-state index is 11.9. The zero-order chi connectivity index (χ0) is 15.0. The summed E-state index contributed by atoms with van der Waals surface area (Å²) in [4.78, 5) is 25.2. The molecule has 2 amide bonds. The van der Waals surface area contributed by atoms with E-state index in [1.807, 2.05) is 6.92 Å². The molecule has 7 nitrogen and oxygen atoms in total. The van der Waals surface area contributed by atoms with Gasteiger partial charge in [0.15, 0.2) is 5.82 Å². The Morgan fingerprint density at radius 2 is 2.25 bits per heavy atom. The lowest BCUT2D eigenvalue weighted by atomic mass is 10.3. The van der Waals surface area contributed by atoms with Gasteiger partial charge in [-0.25, -0.2) is 0 Å². The number of nitrogens with one attached hydrogen (secondary N) is 1. The van der Waals surface area contributed by atoms with Crippen molar-refractivity contribution in [2.24, 2.45) is 0 Å². The number of unbranched alkanes of at least 4 members (excludes halogenated alkanes) is 1. The lowest BCUT2D eigenvalue weighted by Crippen LogP contribution is -2.40. The van der Waals surface area contributed by atoms with Gasteiger partial charge < -0.3 is 19.5 Å². The van der Waals surface area contributed by atoms with E-state index in [1.165, 1.54) is 12.0 Å². The number of rotatable bonds is 8. The van der Waals surface area contributed by atoms with E-state index < -0.39 is 0 Å². The number of aromatic nitrogens is 1. The van der Waals surface area contributed by atoms with Crippen molar-refractivity contribution in [3.8, 4) is 0 Å². The van der Waals surface area contributed by atoms with E-state index in [-0.39, 0.29) is 25.0 Å². The highest BCUT2D eigenvalue weighted by atomic mass is 16.5. The molecule has 0 unspecified atom stereocenters. The van der Waals surface area contributed by atoms with Crippen LogP contribution in [0.25, 0.3) is 0 Å². The number of anilines is 1. The van der Waals surface area contributed by atoms with Crippen LogP contribution in [0.5, 0.6) is 0 Å². The molecule has 0 spiro atoms. The highest BCUT2D eigenvalue weighted by Crippen LogP contribution is 2.07. The van der Waals surface area contributed by atoms with Crippen LogP contribution in [0.4, 0.5) is 5.82 Å². The summed E-state index contributed by atoms with van der Waals surface area (Å²) in [7, 11) is 1.45. The number of hydrogen-bond acceptors (Lipinski definition) is 5. The van der Waals surface area contributed by atoms with Crippen LogP contribution in [0, 0.1) is 6.92 Å². The highest BCUT2D eigenvalue weighted by molar-refractivity contribution is 5.93. The minimum atomic E-state index is -0.307. The van der Waals surface area contributed by atoms with Gasteiger partial charge in [-0.1, -0.05) is 18.5 Å². The molecular weight excluding hydrogens is 262 g/mol. The molecule has 0 saturated carbocycles. The fraction of sp³-hybridized carbons (Fsp3) is 0.615. The van der Waals surface area contributed by atoms with Gasteiger partial charge in [0.05, 0.1) is 6.54 Å². The molecule has 0 bridgehead atoms. The van der Waals surface area contributed by atoms with Crippen molar-refractivity contribution >= 4 is 17.6 Å². The zero-order valence-electron chi connectivity index (χ0n) is 12.1. The SMILES string of the molecule is CCCCN(CC(=O)Nc1cc(C)on1)C(=O)COC. The van der Waals surface area contributed by atoms with Crippen LogP contribution in [0.2, 0.25) is 0 Å². The van der Waals surface area contributed by atoms with E-state index in [2.05, 4.69) is 10.5 Å². The summed E-state index contributed by atoms with van der Waals surface area (Å²) in [5.41, 5.74) is 0. The van der Waals surface area contributed by atoms with Gasteiger partial charge in [0.2, 0.25) is 11.8 Å². The Kier molecular flexibility index (Phi) is 6.72. The molecule has 20 heavy (non-hydrogen) atoms. The van der Waals surface area contributed by atoms with Crippen molar-refractivity contribution in [1.29, 1.82) is 0 Å². The number of methoxy groups -OCH3 is 1. The van der Waals surface area contributed by atoms with E-state index in [9.17, 15) is 9.59 Å². The number of carbonyl (C=O) groups excluding carboxylic acids is 2. The van der Waals surface area contributed by atoms with Crippen molar-refractivity contribution < 1.29 is 18.8 Å². The van der Waals surface area contributed by atoms with Gasteiger partial charge >= 0.3 is 0 Å². The van der Waals surface area contributed by atoms with Gasteiger partial charge in [-0.05, 0) is 13.3 Å². The van der Waals surface area contributed by atoms with Crippen molar-refractivity contribution in [2.45, 2.75) is 26.7 Å². The third kappa shape index (κ3) is 5.40. The molecular formula is C13H21N3O4. The van der Waals surface area contributed by atoms with Gasteiger partial charge in [0, 0.05) is 19.7 Å². The summed E-state index contributed by atoms with van der Waals surface area (Å²) in [5, 5.41) is 6.26. The number of carbonyl (C=O) groups is 2. The zero-order valence-corrected chi connectivity index (χ0v) is 12.1. The van der Waals surface area contributed by atoms with Crippen LogP contribution in [0.1, 0.15) is 25.5 Å². The van der Waals surface area contributed by atoms with E-state index >= 15 is 0 Å². The Labute approximate surface area is 118 Å². The molecule has 0 radical (unpaired) electrons. The van der Waals surface area contributed by atoms with E-state index in [0.717, 1.165) is 12.8 Å². The molecule has 0 aliphatic carbocycles. The molecule has 1 rings (SSSR count). The molecule has 0 aliphatic heterocycles. The predicted molar refractivity (Wildman–Crippen MR) is 73.2 cm³/mol. The fourth-order valence-electron chi connectivity index (χ4n) is 1.64. The van der Waals surface area contributed by atoms with Crippen LogP contribution >= 0.6 is 0 Å². The Morgan fingerprint density at radius 1 is 1.50 bits per heavy atom. The first-order valence-corrected chi connectivity index (χ1v) is 6.56. The third-order valence-electron chi connectivity index (χ3n) is 2.63. The fourth-order valence-corrected chi connectivity index (χ4v) is 1.64. The quantitative estimate of drug-likeness (QED) is 0.774. The third-order valence-corrected chi connectivity index (χ3v) is 2.63. The molecule has 0 atom stereocenters. The number of amides is 2. The van der Waals surface area contributed by atoms with Crippen molar-refractivity contribution in [1.82, 2.24) is 10.1 Å². The average Bonchev–Trinajstić information content (AvgIpc) is 2.80. The molecule has 0 aromatic carbocycles. The number of aryl methyl sites for hydroxylation is 1. The lowest BCUT2D eigenvalue weighted by molar-refractivity contribution is -0.138. The summed E-state index contributed by atoms with van der Waals surface area (Å²) in [6.45, 7) is 4.24. The summed E-state index contributed by atoms with van der Waals surface area (Å²) >= 11 is 0. The van der Waals surface area contributed by atoms with Crippen LogP contribution in [0.3, 0.4) is 0 Å². The van der Waals surface area contributed by atoms with Gasteiger partial charge in [-0.15, -0.1) is 0 Å². The molecule has 0 aliphatic rings. The summed E-state index contributed by atoms with van der Waals surface area (Å²) in [6, 6.07) is 1.62. The first kappa shape index (κ1) is 16.2. The standard InChI is InChI=1S/C13H21N3O4/c1-4-5-6-16(13(18)9-19-3)8-12(17)14-11-7-10(2)20-15-11/h7H,4-6,8-9H2,1-3H3,(H,14,15,17). The lowest BCUT2D eigenvalue weighted by Gasteiger charge is -2.21. The molecule has 112 valence electrons. The van der Waals surface area contributed by atoms with Crippen molar-refractivity contribution in [2.75, 3.05) is 32.1 Å². The molecule has 1 heterocycles. The number of ether oxygens (including phenoxy) is 1. The predicted octanol–water partition coefficient (Wildman–Crippen LogP) is 1.20. The summed E-state index contributed by atoms with van der Waals surface area (Å²) in [6.07, 6.45) is 1.78. The highest BCUT2D eigenvalue weighted by Gasteiger charge is 2.17. The summed E-state index contributed by atoms with van der Waals surface area (Å²) < 4.78 is 9.67. The van der Waals surface area contributed by atoms with Gasteiger partial charge in [-0.3, -0.25) is 9.59 Å². The molecule has 1 aromatic heterocycles. The van der Waals surface area contributed by atoms with Gasteiger partial charge in [-0.2, -0.15) is 0 Å². The topological polar surface area (TPSA) is 84.7 Å². The largest absolute Gasteiger partial charge is 0.375 e. The van der Waals surface area contributed by atoms with Gasteiger partial charge in [0.1, 0.15) is 12.4 Å². The first-order valence-electron chi connectivity index (χ1n) is 6.56. The minimum Gasteiger partial charge on any atom is -0.375 e. The van der Waals surface area contributed by atoms with E-state index in [4.69, 9.17) is 9.26 Å². The van der Waals surface area contributed by atoms with Crippen molar-refractivity contribution in [3.63, 3.8) is 0 Å². The normalized spacial score (nSPS) is 10.3.